The standard InChI is InChI=1S/C17H24BrNO/c1-11(15-8-12-3-5-14(15)7-12)19-10-13-4-6-17(20-2)16(18)9-13/h4,6,9,11-12,14-15,19H,3,5,7-8,10H2,1-2H3. The molecule has 2 nitrogen and oxygen atoms in total. The summed E-state index contributed by atoms with van der Waals surface area (Å²) in [4.78, 5) is 0. The lowest BCUT2D eigenvalue weighted by molar-refractivity contribution is 0.259. The summed E-state index contributed by atoms with van der Waals surface area (Å²) in [5, 5.41) is 3.73. The van der Waals surface area contributed by atoms with Gasteiger partial charge in [-0.05, 0) is 77.6 Å². The molecule has 2 aliphatic carbocycles. The molecule has 0 saturated heterocycles. The van der Waals surface area contributed by atoms with Crippen LogP contribution in [0.15, 0.2) is 22.7 Å². The fourth-order valence-corrected chi connectivity index (χ4v) is 4.74. The lowest BCUT2D eigenvalue weighted by Crippen LogP contribution is -2.35. The van der Waals surface area contributed by atoms with Crippen molar-refractivity contribution in [3.8, 4) is 5.75 Å². The summed E-state index contributed by atoms with van der Waals surface area (Å²) in [5.41, 5.74) is 1.31. The van der Waals surface area contributed by atoms with Crippen LogP contribution in [-0.4, -0.2) is 13.2 Å². The number of rotatable bonds is 5. The van der Waals surface area contributed by atoms with Crippen molar-refractivity contribution in [3.63, 3.8) is 0 Å². The van der Waals surface area contributed by atoms with Crippen LogP contribution >= 0.6 is 15.9 Å². The van der Waals surface area contributed by atoms with Crippen molar-refractivity contribution in [1.29, 1.82) is 0 Å². The molecular formula is C17H24BrNO. The van der Waals surface area contributed by atoms with Crippen LogP contribution in [0.2, 0.25) is 0 Å². The Morgan fingerprint density at radius 1 is 1.35 bits per heavy atom. The zero-order chi connectivity index (χ0) is 14.1. The van der Waals surface area contributed by atoms with Crippen molar-refractivity contribution in [2.24, 2.45) is 17.8 Å². The largest absolute Gasteiger partial charge is 0.496 e. The fourth-order valence-electron chi connectivity index (χ4n) is 4.16. The van der Waals surface area contributed by atoms with Crippen molar-refractivity contribution >= 4 is 15.9 Å². The Balaban J connectivity index is 1.55. The van der Waals surface area contributed by atoms with Gasteiger partial charge in [0.1, 0.15) is 5.75 Å². The number of benzene rings is 1. The topological polar surface area (TPSA) is 21.3 Å². The SMILES string of the molecule is COc1ccc(CNC(C)C2CC3CCC2C3)cc1Br. The van der Waals surface area contributed by atoms with Gasteiger partial charge in [0, 0.05) is 12.6 Å². The Morgan fingerprint density at radius 3 is 2.80 bits per heavy atom. The molecule has 2 saturated carbocycles. The van der Waals surface area contributed by atoms with Gasteiger partial charge in [-0.2, -0.15) is 0 Å². The summed E-state index contributed by atoms with van der Waals surface area (Å²) >= 11 is 3.55. The van der Waals surface area contributed by atoms with Gasteiger partial charge in [0.05, 0.1) is 11.6 Å². The van der Waals surface area contributed by atoms with Gasteiger partial charge in [0.15, 0.2) is 0 Å². The summed E-state index contributed by atoms with van der Waals surface area (Å²) < 4.78 is 6.31. The van der Waals surface area contributed by atoms with Gasteiger partial charge >= 0.3 is 0 Å². The average Bonchev–Trinajstić information content (AvgIpc) is 3.07. The Labute approximate surface area is 130 Å². The molecular weight excluding hydrogens is 314 g/mol. The van der Waals surface area contributed by atoms with Gasteiger partial charge in [-0.3, -0.25) is 0 Å². The first-order valence-electron chi connectivity index (χ1n) is 7.73. The van der Waals surface area contributed by atoms with Crippen molar-refractivity contribution in [2.75, 3.05) is 7.11 Å². The van der Waals surface area contributed by atoms with Crippen LogP contribution in [0.25, 0.3) is 0 Å². The van der Waals surface area contributed by atoms with E-state index in [0.717, 1.165) is 34.5 Å². The van der Waals surface area contributed by atoms with Gasteiger partial charge < -0.3 is 10.1 Å². The van der Waals surface area contributed by atoms with Crippen LogP contribution < -0.4 is 10.1 Å². The van der Waals surface area contributed by atoms with Gasteiger partial charge in [-0.1, -0.05) is 12.5 Å². The molecule has 4 atom stereocenters. The highest BCUT2D eigenvalue weighted by molar-refractivity contribution is 9.10. The van der Waals surface area contributed by atoms with Crippen molar-refractivity contribution in [1.82, 2.24) is 5.32 Å². The molecule has 4 unspecified atom stereocenters. The minimum absolute atomic E-state index is 0.631. The number of hydrogen-bond donors (Lipinski definition) is 1. The van der Waals surface area contributed by atoms with Gasteiger partial charge in [-0.25, -0.2) is 0 Å². The second-order valence-corrected chi connectivity index (χ2v) is 7.33. The lowest BCUT2D eigenvalue weighted by atomic mass is 9.84. The summed E-state index contributed by atoms with van der Waals surface area (Å²) in [6.45, 7) is 3.31. The van der Waals surface area contributed by atoms with Crippen LogP contribution in [0.5, 0.6) is 5.75 Å². The number of halogens is 1. The number of hydrogen-bond acceptors (Lipinski definition) is 2. The smallest absolute Gasteiger partial charge is 0.133 e. The highest BCUT2D eigenvalue weighted by Crippen LogP contribution is 2.49. The van der Waals surface area contributed by atoms with Crippen LogP contribution in [0.4, 0.5) is 0 Å². The van der Waals surface area contributed by atoms with Gasteiger partial charge in [0.25, 0.3) is 0 Å². The third kappa shape index (κ3) is 2.89. The zero-order valence-corrected chi connectivity index (χ0v) is 13.9. The molecule has 0 heterocycles. The Morgan fingerprint density at radius 2 is 2.20 bits per heavy atom. The first-order chi connectivity index (χ1) is 9.67. The number of ether oxygens (including phenoxy) is 1. The molecule has 0 aliphatic heterocycles. The van der Waals surface area contributed by atoms with Crippen LogP contribution in [0.1, 0.15) is 38.2 Å². The molecule has 20 heavy (non-hydrogen) atoms. The van der Waals surface area contributed by atoms with E-state index in [2.05, 4.69) is 40.3 Å². The monoisotopic (exact) mass is 337 g/mol. The second-order valence-electron chi connectivity index (χ2n) is 6.48. The maximum atomic E-state index is 5.27. The Hall–Kier alpha value is -0.540. The van der Waals surface area contributed by atoms with Crippen LogP contribution in [-0.2, 0) is 6.54 Å². The molecule has 110 valence electrons. The minimum atomic E-state index is 0.631. The molecule has 2 aliphatic rings. The minimum Gasteiger partial charge on any atom is -0.496 e. The van der Waals surface area contributed by atoms with E-state index < -0.39 is 0 Å². The van der Waals surface area contributed by atoms with E-state index in [9.17, 15) is 0 Å². The molecule has 2 bridgehead atoms. The Kier molecular flexibility index (Phi) is 4.37. The molecule has 1 aromatic carbocycles. The van der Waals surface area contributed by atoms with E-state index in [1.807, 2.05) is 6.07 Å². The first-order valence-corrected chi connectivity index (χ1v) is 8.52. The molecule has 3 rings (SSSR count). The summed E-state index contributed by atoms with van der Waals surface area (Å²) in [7, 11) is 1.70. The fraction of sp³-hybridized carbons (Fsp3) is 0.647. The molecule has 0 amide bonds. The van der Waals surface area contributed by atoms with Crippen molar-refractivity contribution in [3.05, 3.63) is 28.2 Å². The summed E-state index contributed by atoms with van der Waals surface area (Å²) in [6.07, 6.45) is 5.89. The maximum absolute atomic E-state index is 5.27. The van der Waals surface area contributed by atoms with Gasteiger partial charge in [0.2, 0.25) is 0 Å². The van der Waals surface area contributed by atoms with E-state index in [1.165, 1.54) is 31.2 Å². The predicted octanol–water partition coefficient (Wildman–Crippen LogP) is 4.37. The maximum Gasteiger partial charge on any atom is 0.133 e. The van der Waals surface area contributed by atoms with E-state index in [0.29, 0.717) is 6.04 Å². The summed E-state index contributed by atoms with van der Waals surface area (Å²) in [5.74, 6) is 3.82. The number of fused-ring (bicyclic) bond motifs is 2. The van der Waals surface area contributed by atoms with E-state index in [1.54, 1.807) is 7.11 Å². The highest BCUT2D eigenvalue weighted by atomic mass is 79.9. The third-order valence-electron chi connectivity index (χ3n) is 5.28. The van der Waals surface area contributed by atoms with Crippen molar-refractivity contribution < 1.29 is 4.74 Å². The number of methoxy groups -OCH3 is 1. The molecule has 1 N–H and O–H groups in total. The molecule has 0 spiro atoms. The van der Waals surface area contributed by atoms with Crippen molar-refractivity contribution in [2.45, 2.75) is 45.2 Å². The zero-order valence-electron chi connectivity index (χ0n) is 12.4. The average molecular weight is 338 g/mol. The lowest BCUT2D eigenvalue weighted by Gasteiger charge is -2.28. The Bertz CT molecular complexity index is 476. The normalized spacial score (nSPS) is 29.6. The van der Waals surface area contributed by atoms with E-state index in [4.69, 9.17) is 4.74 Å². The van der Waals surface area contributed by atoms with Crippen LogP contribution in [0, 0.1) is 17.8 Å². The predicted molar refractivity (Wildman–Crippen MR) is 85.9 cm³/mol. The first kappa shape index (κ1) is 14.4. The summed E-state index contributed by atoms with van der Waals surface area (Å²) in [6, 6.07) is 6.96. The molecule has 1 aromatic rings. The molecule has 2 fully saturated rings. The molecule has 0 aromatic heterocycles. The molecule has 0 radical (unpaired) electrons. The quantitative estimate of drug-likeness (QED) is 0.861. The number of nitrogens with one attached hydrogen (secondary N) is 1. The third-order valence-corrected chi connectivity index (χ3v) is 5.90. The highest BCUT2D eigenvalue weighted by Gasteiger charge is 2.41. The van der Waals surface area contributed by atoms with Gasteiger partial charge in [-0.15, -0.1) is 0 Å². The van der Waals surface area contributed by atoms with E-state index in [-0.39, 0.29) is 0 Å². The molecule has 3 heteroatoms. The van der Waals surface area contributed by atoms with Crippen LogP contribution in [0.3, 0.4) is 0 Å². The van der Waals surface area contributed by atoms with E-state index >= 15 is 0 Å². The second kappa shape index (κ2) is 6.07.